The quantitative estimate of drug-likeness (QED) is 0.580. The van der Waals surface area contributed by atoms with E-state index in [1.807, 2.05) is 0 Å². The first kappa shape index (κ1) is 8.97. The maximum Gasteiger partial charge on any atom is 0.0938 e. The second kappa shape index (κ2) is 3.52. The Morgan fingerprint density at radius 1 is 1.27 bits per heavy atom. The lowest BCUT2D eigenvalue weighted by atomic mass is 10.2. The van der Waals surface area contributed by atoms with Crippen LogP contribution < -0.4 is 0 Å². The van der Waals surface area contributed by atoms with Crippen LogP contribution in [0.15, 0.2) is 0 Å². The highest BCUT2D eigenvalue weighted by molar-refractivity contribution is 4.83. The molecular formula is C8H17NO2. The van der Waals surface area contributed by atoms with Crippen molar-refractivity contribution in [2.45, 2.75) is 26.1 Å². The summed E-state index contributed by atoms with van der Waals surface area (Å²) >= 11 is 0. The molecule has 11 heavy (non-hydrogen) atoms. The average Bonchev–Trinajstić information content (AvgIpc) is 2.10. The van der Waals surface area contributed by atoms with Gasteiger partial charge in [-0.25, -0.2) is 0 Å². The summed E-state index contributed by atoms with van der Waals surface area (Å²) in [5.41, 5.74) is 0. The van der Waals surface area contributed by atoms with E-state index in [1.54, 1.807) is 0 Å². The minimum Gasteiger partial charge on any atom is -0.389 e. The van der Waals surface area contributed by atoms with Crippen molar-refractivity contribution in [1.29, 1.82) is 0 Å². The summed E-state index contributed by atoms with van der Waals surface area (Å²) in [5, 5.41) is 18.4. The molecule has 0 aromatic heterocycles. The Kier molecular flexibility index (Phi) is 2.87. The van der Waals surface area contributed by atoms with Gasteiger partial charge in [0.15, 0.2) is 0 Å². The third-order valence-corrected chi connectivity index (χ3v) is 1.96. The van der Waals surface area contributed by atoms with E-state index in [4.69, 9.17) is 0 Å². The van der Waals surface area contributed by atoms with Gasteiger partial charge >= 0.3 is 0 Å². The van der Waals surface area contributed by atoms with Gasteiger partial charge in [0.1, 0.15) is 0 Å². The van der Waals surface area contributed by atoms with Crippen molar-refractivity contribution in [3.05, 3.63) is 0 Å². The Hall–Kier alpha value is -0.120. The van der Waals surface area contributed by atoms with E-state index < -0.39 is 12.2 Å². The predicted molar refractivity (Wildman–Crippen MR) is 43.3 cm³/mol. The smallest absolute Gasteiger partial charge is 0.0938 e. The minimum atomic E-state index is -0.534. The van der Waals surface area contributed by atoms with E-state index in [0.29, 0.717) is 19.0 Å². The van der Waals surface area contributed by atoms with Gasteiger partial charge in [0.25, 0.3) is 0 Å². The first-order valence-electron chi connectivity index (χ1n) is 4.18. The van der Waals surface area contributed by atoms with E-state index in [-0.39, 0.29) is 0 Å². The average molecular weight is 159 g/mol. The van der Waals surface area contributed by atoms with Crippen LogP contribution in [0.3, 0.4) is 0 Å². The molecular weight excluding hydrogens is 142 g/mol. The zero-order valence-electron chi connectivity index (χ0n) is 7.20. The Labute approximate surface area is 67.6 Å². The van der Waals surface area contributed by atoms with Gasteiger partial charge in [0.2, 0.25) is 0 Å². The van der Waals surface area contributed by atoms with Crippen LogP contribution in [0.25, 0.3) is 0 Å². The fraction of sp³-hybridized carbons (Fsp3) is 1.00. The highest BCUT2D eigenvalue weighted by Crippen LogP contribution is 2.11. The fourth-order valence-corrected chi connectivity index (χ4v) is 1.51. The number of β-amino-alcohol motifs (C(OH)–C–C–N with tert-alkyl or cyclic N) is 2. The van der Waals surface area contributed by atoms with Crippen LogP contribution in [0.4, 0.5) is 0 Å². The molecule has 0 radical (unpaired) electrons. The summed E-state index contributed by atoms with van der Waals surface area (Å²) in [5.74, 6) is 0.604. The first-order chi connectivity index (χ1) is 5.09. The summed E-state index contributed by atoms with van der Waals surface area (Å²) < 4.78 is 0. The normalized spacial score (nSPS) is 33.5. The van der Waals surface area contributed by atoms with Gasteiger partial charge in [-0.15, -0.1) is 0 Å². The lowest BCUT2D eigenvalue weighted by molar-refractivity contribution is 0.0572. The van der Waals surface area contributed by atoms with Crippen LogP contribution in [-0.4, -0.2) is 47.0 Å². The topological polar surface area (TPSA) is 43.7 Å². The predicted octanol–water partition coefficient (Wildman–Crippen LogP) is -0.320. The van der Waals surface area contributed by atoms with E-state index in [2.05, 4.69) is 18.7 Å². The Balaban J connectivity index is 2.29. The van der Waals surface area contributed by atoms with Crippen molar-refractivity contribution in [2.24, 2.45) is 5.92 Å². The van der Waals surface area contributed by atoms with Gasteiger partial charge in [0, 0.05) is 19.6 Å². The van der Waals surface area contributed by atoms with Crippen LogP contribution in [0.5, 0.6) is 0 Å². The fourth-order valence-electron chi connectivity index (χ4n) is 1.51. The lowest BCUT2D eigenvalue weighted by Gasteiger charge is -2.16. The third-order valence-electron chi connectivity index (χ3n) is 1.96. The molecule has 0 aromatic carbocycles. The van der Waals surface area contributed by atoms with Crippen LogP contribution in [0.2, 0.25) is 0 Å². The van der Waals surface area contributed by atoms with E-state index in [9.17, 15) is 10.2 Å². The summed E-state index contributed by atoms with van der Waals surface area (Å²) in [4.78, 5) is 2.10. The molecule has 0 unspecified atom stereocenters. The number of hydrogen-bond acceptors (Lipinski definition) is 3. The summed E-state index contributed by atoms with van der Waals surface area (Å²) in [7, 11) is 0. The van der Waals surface area contributed by atoms with Crippen molar-refractivity contribution >= 4 is 0 Å². The highest BCUT2D eigenvalue weighted by Gasteiger charge is 2.29. The second-order valence-electron chi connectivity index (χ2n) is 3.75. The number of hydrogen-bond donors (Lipinski definition) is 2. The van der Waals surface area contributed by atoms with Gasteiger partial charge in [-0.1, -0.05) is 13.8 Å². The van der Waals surface area contributed by atoms with Gasteiger partial charge in [-0.2, -0.15) is 0 Å². The Morgan fingerprint density at radius 2 is 1.73 bits per heavy atom. The summed E-state index contributed by atoms with van der Waals surface area (Å²) in [6.45, 7) is 6.49. The molecule has 66 valence electrons. The van der Waals surface area contributed by atoms with Crippen molar-refractivity contribution in [1.82, 2.24) is 4.90 Å². The Morgan fingerprint density at radius 3 is 2.09 bits per heavy atom. The minimum absolute atomic E-state index is 0.534. The van der Waals surface area contributed by atoms with Crippen molar-refractivity contribution < 1.29 is 10.2 Å². The summed E-state index contributed by atoms with van der Waals surface area (Å²) in [6.07, 6.45) is -1.07. The van der Waals surface area contributed by atoms with E-state index >= 15 is 0 Å². The zero-order valence-corrected chi connectivity index (χ0v) is 7.20. The number of rotatable bonds is 2. The molecule has 1 saturated heterocycles. The van der Waals surface area contributed by atoms with Crippen molar-refractivity contribution in [3.63, 3.8) is 0 Å². The van der Waals surface area contributed by atoms with E-state index in [1.165, 1.54) is 0 Å². The molecule has 0 aliphatic carbocycles. The first-order valence-corrected chi connectivity index (χ1v) is 4.18. The molecule has 1 fully saturated rings. The molecule has 0 saturated carbocycles. The highest BCUT2D eigenvalue weighted by atomic mass is 16.3. The molecule has 1 aliphatic heterocycles. The third kappa shape index (κ3) is 2.43. The summed E-state index contributed by atoms with van der Waals surface area (Å²) in [6, 6.07) is 0. The molecule has 1 aliphatic rings. The molecule has 0 aromatic rings. The molecule has 1 heterocycles. The van der Waals surface area contributed by atoms with Crippen LogP contribution in [-0.2, 0) is 0 Å². The van der Waals surface area contributed by atoms with Crippen molar-refractivity contribution in [2.75, 3.05) is 19.6 Å². The molecule has 2 N–H and O–H groups in total. The molecule has 0 bridgehead atoms. The maximum absolute atomic E-state index is 9.19. The molecule has 0 amide bonds. The monoisotopic (exact) mass is 159 g/mol. The van der Waals surface area contributed by atoms with E-state index in [0.717, 1.165) is 6.54 Å². The van der Waals surface area contributed by atoms with Gasteiger partial charge < -0.3 is 10.2 Å². The largest absolute Gasteiger partial charge is 0.389 e. The zero-order chi connectivity index (χ0) is 8.43. The van der Waals surface area contributed by atoms with Gasteiger partial charge in [-0.3, -0.25) is 4.90 Å². The number of nitrogens with zero attached hydrogens (tertiary/aromatic N) is 1. The van der Waals surface area contributed by atoms with Gasteiger partial charge in [-0.05, 0) is 5.92 Å². The molecule has 2 atom stereocenters. The van der Waals surface area contributed by atoms with Crippen LogP contribution >= 0.6 is 0 Å². The van der Waals surface area contributed by atoms with Crippen molar-refractivity contribution in [3.8, 4) is 0 Å². The van der Waals surface area contributed by atoms with Crippen LogP contribution in [0, 0.1) is 5.92 Å². The second-order valence-corrected chi connectivity index (χ2v) is 3.75. The maximum atomic E-state index is 9.19. The Bertz CT molecular complexity index is 115. The van der Waals surface area contributed by atoms with Gasteiger partial charge in [0.05, 0.1) is 12.2 Å². The molecule has 3 heteroatoms. The standard InChI is InChI=1S/C8H17NO2/c1-6(2)3-9-4-7(10)8(11)5-9/h6-8,10-11H,3-5H2,1-2H3/t7-,8-/m0/s1. The molecule has 3 nitrogen and oxygen atoms in total. The molecule has 0 spiro atoms. The lowest BCUT2D eigenvalue weighted by Crippen LogP contribution is -2.26. The molecule has 1 rings (SSSR count). The number of aliphatic hydroxyl groups excluding tert-OH is 2. The number of likely N-dealkylation sites (tertiary alicyclic amines) is 1. The van der Waals surface area contributed by atoms with Crippen LogP contribution in [0.1, 0.15) is 13.8 Å². The SMILES string of the molecule is CC(C)CN1C[C@H](O)[C@@H](O)C1. The number of aliphatic hydroxyl groups is 2.